The minimum atomic E-state index is -3.56. The number of carboxylic acid groups (broad SMARTS) is 1. The molecule has 0 spiro atoms. The molecule has 0 atom stereocenters. The number of carbonyl (C=O) groups is 1. The van der Waals surface area contributed by atoms with Gasteiger partial charge in [0.25, 0.3) is 0 Å². The van der Waals surface area contributed by atoms with E-state index in [-0.39, 0.29) is 18.1 Å². The van der Waals surface area contributed by atoms with Crippen LogP contribution in [0.4, 0.5) is 5.69 Å². The van der Waals surface area contributed by atoms with Gasteiger partial charge in [-0.1, -0.05) is 19.1 Å². The number of carboxylic acids is 1. The molecule has 0 saturated heterocycles. The quantitative estimate of drug-likeness (QED) is 0.554. The summed E-state index contributed by atoms with van der Waals surface area (Å²) in [5.41, 5.74) is 0.458. The Morgan fingerprint density at radius 3 is 2.67 bits per heavy atom. The van der Waals surface area contributed by atoms with Gasteiger partial charge in [0.1, 0.15) is 11.5 Å². The summed E-state index contributed by atoms with van der Waals surface area (Å²) in [5, 5.41) is 11.4. The lowest BCUT2D eigenvalue weighted by atomic mass is 10.3. The van der Waals surface area contributed by atoms with Crippen LogP contribution in [0.3, 0.4) is 0 Å². The zero-order valence-corrected chi connectivity index (χ0v) is 12.6. The Balaban J connectivity index is 2.65. The van der Waals surface area contributed by atoms with E-state index in [0.29, 0.717) is 25.2 Å². The van der Waals surface area contributed by atoms with Gasteiger partial charge in [-0.3, -0.25) is 0 Å². The maximum absolute atomic E-state index is 12.1. The molecule has 8 heteroatoms. The standard InChI is InChI=1S/C13H20N2O5S/c1-2-7-15-21(18,19)12-6-4-3-5-11(12)14-8-9-20-10-13(16)17/h3-6,14-15H,2,7-10H2,1H3,(H,16,17). The number of para-hydroxylation sites is 1. The Morgan fingerprint density at radius 1 is 1.29 bits per heavy atom. The number of rotatable bonds is 10. The molecule has 1 aromatic rings. The number of sulfonamides is 1. The maximum Gasteiger partial charge on any atom is 0.329 e. The fourth-order valence-electron chi connectivity index (χ4n) is 1.58. The highest BCUT2D eigenvalue weighted by molar-refractivity contribution is 7.89. The summed E-state index contributed by atoms with van der Waals surface area (Å²) in [5.74, 6) is -1.04. The van der Waals surface area contributed by atoms with Crippen LogP contribution >= 0.6 is 0 Å². The summed E-state index contributed by atoms with van der Waals surface area (Å²) in [7, 11) is -3.56. The molecular weight excluding hydrogens is 296 g/mol. The largest absolute Gasteiger partial charge is 0.480 e. The Hall–Kier alpha value is -1.64. The van der Waals surface area contributed by atoms with Crippen LogP contribution in [-0.2, 0) is 19.6 Å². The smallest absolute Gasteiger partial charge is 0.329 e. The SMILES string of the molecule is CCCNS(=O)(=O)c1ccccc1NCCOCC(=O)O. The van der Waals surface area contributed by atoms with Crippen LogP contribution < -0.4 is 10.0 Å². The van der Waals surface area contributed by atoms with E-state index in [0.717, 1.165) is 0 Å². The molecular formula is C13H20N2O5S. The minimum Gasteiger partial charge on any atom is -0.480 e. The third-order valence-corrected chi connectivity index (χ3v) is 4.03. The fraction of sp³-hybridized carbons (Fsp3) is 0.462. The van der Waals surface area contributed by atoms with Gasteiger partial charge in [0, 0.05) is 13.1 Å². The van der Waals surface area contributed by atoms with Crippen molar-refractivity contribution in [2.24, 2.45) is 0 Å². The molecule has 0 aromatic heterocycles. The van der Waals surface area contributed by atoms with Crippen molar-refractivity contribution in [1.29, 1.82) is 0 Å². The van der Waals surface area contributed by atoms with Crippen LogP contribution in [0.25, 0.3) is 0 Å². The summed E-state index contributed by atoms with van der Waals surface area (Å²) in [4.78, 5) is 10.4. The predicted octanol–water partition coefficient (Wildman–Crippen LogP) is 0.888. The Morgan fingerprint density at radius 2 is 2.00 bits per heavy atom. The molecule has 0 aliphatic carbocycles. The number of aliphatic carboxylic acids is 1. The molecule has 0 bridgehead atoms. The van der Waals surface area contributed by atoms with Crippen LogP contribution in [0.5, 0.6) is 0 Å². The van der Waals surface area contributed by atoms with Crippen molar-refractivity contribution in [3.05, 3.63) is 24.3 Å². The predicted molar refractivity (Wildman–Crippen MR) is 78.9 cm³/mol. The molecule has 0 aliphatic heterocycles. The van der Waals surface area contributed by atoms with Gasteiger partial charge in [-0.15, -0.1) is 0 Å². The highest BCUT2D eigenvalue weighted by Gasteiger charge is 2.16. The summed E-state index contributed by atoms with van der Waals surface area (Å²) < 4.78 is 31.6. The lowest BCUT2D eigenvalue weighted by Gasteiger charge is -2.12. The van der Waals surface area contributed by atoms with Crippen LogP contribution in [-0.4, -0.2) is 45.8 Å². The summed E-state index contributed by atoms with van der Waals surface area (Å²) >= 11 is 0. The van der Waals surface area contributed by atoms with Gasteiger partial charge in [-0.2, -0.15) is 0 Å². The molecule has 0 amide bonds. The first kappa shape index (κ1) is 17.4. The maximum atomic E-state index is 12.1. The van der Waals surface area contributed by atoms with Crippen molar-refractivity contribution >= 4 is 21.7 Å². The summed E-state index contributed by atoms with van der Waals surface area (Å²) in [6.07, 6.45) is 0.706. The molecule has 118 valence electrons. The second kappa shape index (κ2) is 8.60. The molecule has 3 N–H and O–H groups in total. The van der Waals surface area contributed by atoms with Crippen molar-refractivity contribution in [2.45, 2.75) is 18.2 Å². The first-order chi connectivity index (χ1) is 9.97. The monoisotopic (exact) mass is 316 g/mol. The summed E-state index contributed by atoms with van der Waals surface area (Å²) in [6.45, 7) is 2.36. The normalized spacial score (nSPS) is 11.3. The molecule has 7 nitrogen and oxygen atoms in total. The lowest BCUT2D eigenvalue weighted by Crippen LogP contribution is -2.25. The lowest BCUT2D eigenvalue weighted by molar-refractivity contribution is -0.142. The second-order valence-electron chi connectivity index (χ2n) is 4.27. The first-order valence-electron chi connectivity index (χ1n) is 6.59. The molecule has 0 radical (unpaired) electrons. The minimum absolute atomic E-state index is 0.164. The van der Waals surface area contributed by atoms with Gasteiger partial charge in [0.05, 0.1) is 12.3 Å². The third kappa shape index (κ3) is 6.11. The van der Waals surface area contributed by atoms with Crippen molar-refractivity contribution in [3.8, 4) is 0 Å². The van der Waals surface area contributed by atoms with Crippen LogP contribution in [0.15, 0.2) is 29.2 Å². The molecule has 1 rings (SSSR count). The van der Waals surface area contributed by atoms with E-state index in [2.05, 4.69) is 10.0 Å². The van der Waals surface area contributed by atoms with Crippen molar-refractivity contribution in [3.63, 3.8) is 0 Å². The Kier molecular flexibility index (Phi) is 7.13. The van der Waals surface area contributed by atoms with E-state index in [9.17, 15) is 13.2 Å². The van der Waals surface area contributed by atoms with E-state index in [4.69, 9.17) is 9.84 Å². The van der Waals surface area contributed by atoms with Gasteiger partial charge in [-0.05, 0) is 18.6 Å². The molecule has 0 fully saturated rings. The number of nitrogens with one attached hydrogen (secondary N) is 2. The molecule has 0 unspecified atom stereocenters. The number of benzene rings is 1. The topological polar surface area (TPSA) is 105 Å². The van der Waals surface area contributed by atoms with E-state index >= 15 is 0 Å². The van der Waals surface area contributed by atoms with Crippen LogP contribution in [0, 0.1) is 0 Å². The third-order valence-electron chi connectivity index (χ3n) is 2.51. The number of anilines is 1. The van der Waals surface area contributed by atoms with E-state index < -0.39 is 16.0 Å². The molecule has 1 aromatic carbocycles. The van der Waals surface area contributed by atoms with Crippen LogP contribution in [0.1, 0.15) is 13.3 Å². The Labute approximate surface area is 124 Å². The number of hydrogen-bond acceptors (Lipinski definition) is 5. The van der Waals surface area contributed by atoms with Gasteiger partial charge < -0.3 is 15.2 Å². The van der Waals surface area contributed by atoms with Crippen molar-refractivity contribution in [1.82, 2.24) is 4.72 Å². The van der Waals surface area contributed by atoms with Gasteiger partial charge in [-0.25, -0.2) is 17.9 Å². The van der Waals surface area contributed by atoms with Crippen molar-refractivity contribution in [2.75, 3.05) is 31.6 Å². The summed E-state index contributed by atoms with van der Waals surface area (Å²) in [6, 6.07) is 6.53. The average molecular weight is 316 g/mol. The number of ether oxygens (including phenoxy) is 1. The highest BCUT2D eigenvalue weighted by atomic mass is 32.2. The van der Waals surface area contributed by atoms with Gasteiger partial charge in [0.15, 0.2) is 0 Å². The second-order valence-corrected chi connectivity index (χ2v) is 6.00. The van der Waals surface area contributed by atoms with E-state index in [1.165, 1.54) is 6.07 Å². The van der Waals surface area contributed by atoms with Gasteiger partial charge >= 0.3 is 5.97 Å². The molecule has 0 saturated carbocycles. The molecule has 0 heterocycles. The van der Waals surface area contributed by atoms with Gasteiger partial charge in [0.2, 0.25) is 10.0 Å². The number of hydrogen-bond donors (Lipinski definition) is 3. The van der Waals surface area contributed by atoms with E-state index in [1.54, 1.807) is 18.2 Å². The molecule has 0 aliphatic rings. The average Bonchev–Trinajstić information content (AvgIpc) is 2.45. The Bertz CT molecular complexity index is 559. The molecule has 21 heavy (non-hydrogen) atoms. The fourth-order valence-corrected chi connectivity index (χ4v) is 2.89. The highest BCUT2D eigenvalue weighted by Crippen LogP contribution is 2.20. The van der Waals surface area contributed by atoms with Crippen molar-refractivity contribution < 1.29 is 23.1 Å². The zero-order chi connectivity index (χ0) is 15.7. The first-order valence-corrected chi connectivity index (χ1v) is 8.07. The zero-order valence-electron chi connectivity index (χ0n) is 11.8. The van der Waals surface area contributed by atoms with E-state index in [1.807, 2.05) is 6.92 Å². The van der Waals surface area contributed by atoms with Crippen LogP contribution in [0.2, 0.25) is 0 Å².